The normalized spacial score (nSPS) is 21.2. The van der Waals surface area contributed by atoms with Crippen molar-refractivity contribution in [2.75, 3.05) is 33.0 Å². The van der Waals surface area contributed by atoms with Crippen molar-refractivity contribution in [3.63, 3.8) is 0 Å². The summed E-state index contributed by atoms with van der Waals surface area (Å²) in [5, 5.41) is 1.82. The van der Waals surface area contributed by atoms with Crippen LogP contribution in [0.5, 0.6) is 0 Å². The lowest BCUT2D eigenvalue weighted by Gasteiger charge is -2.31. The van der Waals surface area contributed by atoms with Gasteiger partial charge in [-0.3, -0.25) is 9.74 Å². The van der Waals surface area contributed by atoms with E-state index >= 15 is 0 Å². The molecule has 3 nitrogen and oxygen atoms in total. The molecule has 4 heteroatoms. The SMILES string of the molecule is CC(C)(C)N1CCN(OCCF)C1. The highest BCUT2D eigenvalue weighted by atomic mass is 19.1. The van der Waals surface area contributed by atoms with E-state index in [1.165, 1.54) is 0 Å². The zero-order valence-corrected chi connectivity index (χ0v) is 8.72. The van der Waals surface area contributed by atoms with Crippen molar-refractivity contribution in [2.45, 2.75) is 26.3 Å². The Balaban J connectivity index is 2.28. The van der Waals surface area contributed by atoms with E-state index in [0.717, 1.165) is 19.8 Å². The Morgan fingerprint density at radius 2 is 2.00 bits per heavy atom. The summed E-state index contributed by atoms with van der Waals surface area (Å²) in [6.07, 6.45) is 0. The first-order valence-corrected chi connectivity index (χ1v) is 4.73. The Kier molecular flexibility index (Phi) is 3.64. The number of hydroxylamine groups is 2. The third kappa shape index (κ3) is 3.21. The van der Waals surface area contributed by atoms with Crippen molar-refractivity contribution >= 4 is 0 Å². The van der Waals surface area contributed by atoms with Gasteiger partial charge in [-0.1, -0.05) is 0 Å². The van der Waals surface area contributed by atoms with Gasteiger partial charge in [-0.15, -0.1) is 0 Å². The number of halogens is 1. The quantitative estimate of drug-likeness (QED) is 0.666. The molecule has 0 saturated carbocycles. The van der Waals surface area contributed by atoms with E-state index in [0.29, 0.717) is 0 Å². The van der Waals surface area contributed by atoms with Crippen LogP contribution in [0, 0.1) is 0 Å². The van der Waals surface area contributed by atoms with Gasteiger partial charge in [0, 0.05) is 18.6 Å². The molecule has 13 heavy (non-hydrogen) atoms. The summed E-state index contributed by atoms with van der Waals surface area (Å²) in [6, 6.07) is 0. The van der Waals surface area contributed by atoms with E-state index in [-0.39, 0.29) is 12.1 Å². The van der Waals surface area contributed by atoms with E-state index in [1.807, 2.05) is 5.06 Å². The highest BCUT2D eigenvalue weighted by molar-refractivity contribution is 4.79. The lowest BCUT2D eigenvalue weighted by atomic mass is 10.1. The number of hydrogen-bond donors (Lipinski definition) is 0. The fraction of sp³-hybridized carbons (Fsp3) is 1.00. The number of rotatable bonds is 3. The summed E-state index contributed by atoms with van der Waals surface area (Å²) in [4.78, 5) is 7.50. The van der Waals surface area contributed by atoms with Gasteiger partial charge in [0.05, 0.1) is 13.3 Å². The van der Waals surface area contributed by atoms with E-state index in [9.17, 15) is 4.39 Å². The fourth-order valence-electron chi connectivity index (χ4n) is 1.38. The van der Waals surface area contributed by atoms with Crippen molar-refractivity contribution < 1.29 is 9.23 Å². The summed E-state index contributed by atoms with van der Waals surface area (Å²) < 4.78 is 11.8. The van der Waals surface area contributed by atoms with Crippen LogP contribution in [-0.2, 0) is 4.84 Å². The first-order valence-electron chi connectivity index (χ1n) is 4.73. The molecule has 0 aromatic rings. The largest absolute Gasteiger partial charge is 0.295 e. The van der Waals surface area contributed by atoms with Crippen LogP contribution < -0.4 is 0 Å². The van der Waals surface area contributed by atoms with Gasteiger partial charge in [0.2, 0.25) is 0 Å². The monoisotopic (exact) mass is 190 g/mol. The molecule has 0 aliphatic carbocycles. The third-order valence-electron chi connectivity index (χ3n) is 2.25. The number of nitrogens with zero attached hydrogens (tertiary/aromatic N) is 2. The van der Waals surface area contributed by atoms with Gasteiger partial charge in [0.25, 0.3) is 0 Å². The molecule has 0 bridgehead atoms. The third-order valence-corrected chi connectivity index (χ3v) is 2.25. The van der Waals surface area contributed by atoms with Crippen LogP contribution >= 0.6 is 0 Å². The van der Waals surface area contributed by atoms with Crippen LogP contribution in [0.3, 0.4) is 0 Å². The van der Waals surface area contributed by atoms with E-state index < -0.39 is 6.67 Å². The van der Waals surface area contributed by atoms with Gasteiger partial charge in [0.1, 0.15) is 6.67 Å². The molecule has 0 aromatic heterocycles. The molecule has 1 saturated heterocycles. The molecular weight excluding hydrogens is 171 g/mol. The Labute approximate surface area is 79.4 Å². The maximum absolute atomic E-state index is 11.8. The molecule has 0 amide bonds. The topological polar surface area (TPSA) is 15.7 Å². The fourth-order valence-corrected chi connectivity index (χ4v) is 1.38. The summed E-state index contributed by atoms with van der Waals surface area (Å²) >= 11 is 0. The van der Waals surface area contributed by atoms with Crippen LogP contribution in [0.15, 0.2) is 0 Å². The number of alkyl halides is 1. The van der Waals surface area contributed by atoms with Gasteiger partial charge in [-0.25, -0.2) is 4.39 Å². The minimum atomic E-state index is -0.411. The van der Waals surface area contributed by atoms with Crippen molar-refractivity contribution in [1.82, 2.24) is 9.96 Å². The maximum Gasteiger partial charge on any atom is 0.115 e. The van der Waals surface area contributed by atoms with Gasteiger partial charge in [-0.05, 0) is 20.8 Å². The van der Waals surface area contributed by atoms with Crippen LogP contribution in [0.4, 0.5) is 4.39 Å². The number of hydrogen-bond acceptors (Lipinski definition) is 3. The summed E-state index contributed by atoms with van der Waals surface area (Å²) in [7, 11) is 0. The predicted octanol–water partition coefficient (Wildman–Crippen LogP) is 1.26. The molecule has 1 rings (SSSR count). The average Bonchev–Trinajstić information content (AvgIpc) is 2.47. The van der Waals surface area contributed by atoms with Gasteiger partial charge in [0.15, 0.2) is 0 Å². The lowest BCUT2D eigenvalue weighted by Crippen LogP contribution is -2.40. The molecule has 1 fully saturated rings. The standard InChI is InChI=1S/C9H19FN2O/c1-9(2,3)11-5-6-12(8-11)13-7-4-10/h4-8H2,1-3H3. The molecule has 0 atom stereocenters. The smallest absolute Gasteiger partial charge is 0.115 e. The molecule has 0 radical (unpaired) electrons. The van der Waals surface area contributed by atoms with Gasteiger partial charge < -0.3 is 0 Å². The van der Waals surface area contributed by atoms with Crippen molar-refractivity contribution in [2.24, 2.45) is 0 Å². The minimum absolute atomic E-state index is 0.174. The molecule has 78 valence electrons. The van der Waals surface area contributed by atoms with Crippen LogP contribution in [-0.4, -0.2) is 48.5 Å². The minimum Gasteiger partial charge on any atom is -0.295 e. The predicted molar refractivity (Wildman–Crippen MR) is 50.0 cm³/mol. The molecular formula is C9H19FN2O. The summed E-state index contributed by atoms with van der Waals surface area (Å²) in [5.41, 5.74) is 0.174. The van der Waals surface area contributed by atoms with Gasteiger partial charge >= 0.3 is 0 Å². The van der Waals surface area contributed by atoms with Crippen LogP contribution in [0.2, 0.25) is 0 Å². The molecule has 0 unspecified atom stereocenters. The van der Waals surface area contributed by atoms with Crippen molar-refractivity contribution in [3.05, 3.63) is 0 Å². The summed E-state index contributed by atoms with van der Waals surface area (Å²) in [5.74, 6) is 0. The Morgan fingerprint density at radius 3 is 2.46 bits per heavy atom. The highest BCUT2D eigenvalue weighted by Gasteiger charge is 2.28. The first-order chi connectivity index (χ1) is 6.04. The highest BCUT2D eigenvalue weighted by Crippen LogP contribution is 2.17. The van der Waals surface area contributed by atoms with Crippen LogP contribution in [0.1, 0.15) is 20.8 Å². The first kappa shape index (κ1) is 10.9. The van der Waals surface area contributed by atoms with E-state index in [4.69, 9.17) is 4.84 Å². The van der Waals surface area contributed by atoms with Crippen molar-refractivity contribution in [3.8, 4) is 0 Å². The second-order valence-electron chi connectivity index (χ2n) is 4.30. The van der Waals surface area contributed by atoms with Crippen LogP contribution in [0.25, 0.3) is 0 Å². The van der Waals surface area contributed by atoms with E-state index in [2.05, 4.69) is 25.7 Å². The molecule has 0 spiro atoms. The Bertz CT molecular complexity index is 158. The molecule has 1 aliphatic heterocycles. The van der Waals surface area contributed by atoms with E-state index in [1.54, 1.807) is 0 Å². The Hall–Kier alpha value is -0.190. The maximum atomic E-state index is 11.8. The van der Waals surface area contributed by atoms with Crippen molar-refractivity contribution in [1.29, 1.82) is 0 Å². The molecule has 0 N–H and O–H groups in total. The lowest BCUT2D eigenvalue weighted by molar-refractivity contribution is -0.157. The Morgan fingerprint density at radius 1 is 1.31 bits per heavy atom. The molecule has 1 heterocycles. The second-order valence-corrected chi connectivity index (χ2v) is 4.30. The average molecular weight is 190 g/mol. The molecule has 1 aliphatic rings. The zero-order valence-electron chi connectivity index (χ0n) is 8.72. The van der Waals surface area contributed by atoms with Gasteiger partial charge in [-0.2, -0.15) is 5.06 Å². The second kappa shape index (κ2) is 4.35. The zero-order chi connectivity index (χ0) is 9.90. The molecule has 0 aromatic carbocycles. The summed E-state index contributed by atoms with van der Waals surface area (Å²) in [6.45, 7) is 8.93.